The maximum atomic E-state index is 12.7. The molecule has 0 saturated carbocycles. The topological polar surface area (TPSA) is 49.8 Å². The van der Waals surface area contributed by atoms with Gasteiger partial charge in [-0.05, 0) is 45.2 Å². The van der Waals surface area contributed by atoms with Crippen LogP contribution in [0, 0.1) is 0 Å². The minimum absolute atomic E-state index is 0. The molecule has 0 spiro atoms. The Kier molecular flexibility index (Phi) is 5.71. The number of hydrogen-bond donors (Lipinski definition) is 1. The number of fused-ring (bicyclic) bond motifs is 2. The second-order valence-corrected chi connectivity index (χ2v) is 6.91. The fourth-order valence-electron chi connectivity index (χ4n) is 3.82. The molecule has 2 fully saturated rings. The van der Waals surface area contributed by atoms with Gasteiger partial charge in [0.05, 0.1) is 6.61 Å². The number of aliphatic hydroxyl groups is 1. The van der Waals surface area contributed by atoms with Crippen LogP contribution < -0.4 is 0 Å². The van der Waals surface area contributed by atoms with Crippen molar-refractivity contribution in [2.75, 3.05) is 13.7 Å². The van der Waals surface area contributed by atoms with Crippen LogP contribution in [-0.4, -0.2) is 47.8 Å². The van der Waals surface area contributed by atoms with Crippen molar-refractivity contribution in [2.45, 2.75) is 56.2 Å². The standard InChI is InChI=1S/C18H25NO3.ClH/c1-18(12-20,13-6-4-3-5-7-13)17(21)22-16-10-14-8-9-15(11-16)19(14)2;/h3-7,14-16,20H,8-12H2,1-2H3;1H/t14-,15+,16?,18-;/m1./s1. The largest absolute Gasteiger partial charge is 0.462 e. The van der Waals surface area contributed by atoms with Gasteiger partial charge in [0.15, 0.2) is 0 Å². The second-order valence-electron chi connectivity index (χ2n) is 6.91. The van der Waals surface area contributed by atoms with E-state index in [2.05, 4.69) is 11.9 Å². The minimum Gasteiger partial charge on any atom is -0.462 e. The summed E-state index contributed by atoms with van der Waals surface area (Å²) in [4.78, 5) is 15.1. The van der Waals surface area contributed by atoms with Crippen LogP contribution in [0.5, 0.6) is 0 Å². The summed E-state index contributed by atoms with van der Waals surface area (Å²) in [5.74, 6) is -0.310. The zero-order valence-corrected chi connectivity index (χ0v) is 14.6. The third kappa shape index (κ3) is 3.39. The molecular formula is C18H26ClNO3. The highest BCUT2D eigenvalue weighted by molar-refractivity contribution is 5.85. The van der Waals surface area contributed by atoms with Gasteiger partial charge in [-0.15, -0.1) is 12.4 Å². The van der Waals surface area contributed by atoms with Gasteiger partial charge in [0.1, 0.15) is 11.5 Å². The lowest BCUT2D eigenvalue weighted by Gasteiger charge is -2.37. The van der Waals surface area contributed by atoms with Crippen molar-refractivity contribution in [3.05, 3.63) is 35.9 Å². The van der Waals surface area contributed by atoms with Crippen molar-refractivity contribution in [1.29, 1.82) is 0 Å². The van der Waals surface area contributed by atoms with E-state index in [1.807, 2.05) is 30.3 Å². The predicted molar refractivity (Wildman–Crippen MR) is 91.8 cm³/mol. The molecule has 2 aliphatic rings. The molecular weight excluding hydrogens is 314 g/mol. The Hall–Kier alpha value is -1.10. The molecule has 0 amide bonds. The quantitative estimate of drug-likeness (QED) is 0.856. The van der Waals surface area contributed by atoms with E-state index in [0.717, 1.165) is 18.4 Å². The van der Waals surface area contributed by atoms with Gasteiger partial charge in [0, 0.05) is 12.1 Å². The molecule has 2 aliphatic heterocycles. The molecule has 23 heavy (non-hydrogen) atoms. The third-order valence-corrected chi connectivity index (χ3v) is 5.51. The van der Waals surface area contributed by atoms with Crippen molar-refractivity contribution in [1.82, 2.24) is 4.90 Å². The van der Waals surface area contributed by atoms with Gasteiger partial charge < -0.3 is 14.7 Å². The highest BCUT2D eigenvalue weighted by Gasteiger charge is 2.43. The number of aliphatic hydroxyl groups excluding tert-OH is 1. The minimum atomic E-state index is -0.982. The van der Waals surface area contributed by atoms with E-state index in [-0.39, 0.29) is 31.1 Å². The maximum Gasteiger partial charge on any atom is 0.318 e. The number of carbonyl (C=O) groups is 1. The van der Waals surface area contributed by atoms with Crippen molar-refractivity contribution in [3.8, 4) is 0 Å². The zero-order valence-electron chi connectivity index (χ0n) is 13.8. The monoisotopic (exact) mass is 339 g/mol. The van der Waals surface area contributed by atoms with Crippen LogP contribution in [0.1, 0.15) is 38.2 Å². The molecule has 1 aromatic rings. The lowest BCUT2D eigenvalue weighted by atomic mass is 9.83. The van der Waals surface area contributed by atoms with Gasteiger partial charge >= 0.3 is 5.97 Å². The van der Waals surface area contributed by atoms with Gasteiger partial charge in [-0.3, -0.25) is 4.79 Å². The van der Waals surface area contributed by atoms with E-state index in [9.17, 15) is 9.90 Å². The second kappa shape index (κ2) is 7.20. The molecule has 5 heteroatoms. The van der Waals surface area contributed by atoms with Crippen LogP contribution in [0.25, 0.3) is 0 Å². The average Bonchev–Trinajstić information content (AvgIpc) is 2.76. The van der Waals surface area contributed by atoms with E-state index in [0.29, 0.717) is 12.1 Å². The fourth-order valence-corrected chi connectivity index (χ4v) is 3.82. The number of halogens is 1. The van der Waals surface area contributed by atoms with Crippen LogP contribution in [0.3, 0.4) is 0 Å². The molecule has 0 aliphatic carbocycles. The van der Waals surface area contributed by atoms with E-state index < -0.39 is 5.41 Å². The molecule has 2 heterocycles. The molecule has 128 valence electrons. The Morgan fingerprint density at radius 1 is 1.26 bits per heavy atom. The first-order valence-corrected chi connectivity index (χ1v) is 8.14. The highest BCUT2D eigenvalue weighted by Crippen LogP contribution is 2.36. The van der Waals surface area contributed by atoms with Crippen molar-refractivity contribution < 1.29 is 14.6 Å². The first-order chi connectivity index (χ1) is 10.5. The Balaban J connectivity index is 0.00000192. The zero-order chi connectivity index (χ0) is 15.7. The van der Waals surface area contributed by atoms with Crippen molar-refractivity contribution >= 4 is 18.4 Å². The van der Waals surface area contributed by atoms with Crippen LogP contribution in [0.4, 0.5) is 0 Å². The number of piperidine rings is 1. The summed E-state index contributed by atoms with van der Waals surface area (Å²) in [5.41, 5.74) is -0.178. The molecule has 4 atom stereocenters. The summed E-state index contributed by atoms with van der Waals surface area (Å²) in [6.07, 6.45) is 4.20. The smallest absolute Gasteiger partial charge is 0.318 e. The van der Waals surface area contributed by atoms with Gasteiger partial charge in [-0.25, -0.2) is 0 Å². The molecule has 3 rings (SSSR count). The van der Waals surface area contributed by atoms with Gasteiger partial charge in [-0.1, -0.05) is 30.3 Å². The summed E-state index contributed by atoms with van der Waals surface area (Å²) in [5, 5.41) is 9.79. The number of ether oxygens (including phenoxy) is 1. The Morgan fingerprint density at radius 3 is 2.35 bits per heavy atom. The lowest BCUT2D eigenvalue weighted by Crippen LogP contribution is -2.46. The van der Waals surface area contributed by atoms with Gasteiger partial charge in [0.25, 0.3) is 0 Å². The summed E-state index contributed by atoms with van der Waals surface area (Å²) in [7, 11) is 2.17. The van der Waals surface area contributed by atoms with Gasteiger partial charge in [-0.2, -0.15) is 0 Å². The first-order valence-electron chi connectivity index (χ1n) is 8.14. The third-order valence-electron chi connectivity index (χ3n) is 5.51. The summed E-state index contributed by atoms with van der Waals surface area (Å²) in [6, 6.07) is 10.5. The maximum absolute atomic E-state index is 12.7. The van der Waals surface area contributed by atoms with Crippen molar-refractivity contribution in [2.24, 2.45) is 0 Å². The molecule has 4 nitrogen and oxygen atoms in total. The molecule has 0 aromatic heterocycles. The summed E-state index contributed by atoms with van der Waals surface area (Å²) >= 11 is 0. The first kappa shape index (κ1) is 18.2. The molecule has 1 unspecified atom stereocenters. The number of carbonyl (C=O) groups excluding carboxylic acids is 1. The number of nitrogens with zero attached hydrogens (tertiary/aromatic N) is 1. The Bertz CT molecular complexity index is 524. The molecule has 2 bridgehead atoms. The molecule has 2 saturated heterocycles. The Morgan fingerprint density at radius 2 is 1.83 bits per heavy atom. The molecule has 1 aromatic carbocycles. The SMILES string of the molecule is CN1[C@@H]2CC[C@H]1CC(OC(=O)[C@](C)(CO)c1ccccc1)C2.Cl. The van der Waals surface area contributed by atoms with Crippen molar-refractivity contribution in [3.63, 3.8) is 0 Å². The average molecular weight is 340 g/mol. The lowest BCUT2D eigenvalue weighted by molar-refractivity contribution is -0.160. The number of esters is 1. The Labute approximate surface area is 144 Å². The van der Waals surface area contributed by atoms with E-state index in [1.165, 1.54) is 12.8 Å². The van der Waals surface area contributed by atoms with Gasteiger partial charge in [0.2, 0.25) is 0 Å². The van der Waals surface area contributed by atoms with E-state index in [4.69, 9.17) is 4.74 Å². The summed E-state index contributed by atoms with van der Waals surface area (Å²) < 4.78 is 5.81. The predicted octanol–water partition coefficient (Wildman–Crippen LogP) is 2.53. The number of hydrogen-bond acceptors (Lipinski definition) is 4. The van der Waals surface area contributed by atoms with Crippen LogP contribution in [-0.2, 0) is 14.9 Å². The van der Waals surface area contributed by atoms with Crippen LogP contribution in [0.2, 0.25) is 0 Å². The van der Waals surface area contributed by atoms with E-state index >= 15 is 0 Å². The number of benzene rings is 1. The highest BCUT2D eigenvalue weighted by atomic mass is 35.5. The molecule has 0 radical (unpaired) electrons. The number of rotatable bonds is 4. The van der Waals surface area contributed by atoms with Crippen LogP contribution >= 0.6 is 12.4 Å². The normalized spacial score (nSPS) is 29.4. The summed E-state index contributed by atoms with van der Waals surface area (Å²) in [6.45, 7) is 1.52. The van der Waals surface area contributed by atoms with Crippen LogP contribution in [0.15, 0.2) is 30.3 Å². The van der Waals surface area contributed by atoms with E-state index in [1.54, 1.807) is 6.92 Å². The fraction of sp³-hybridized carbons (Fsp3) is 0.611. The molecule has 1 N–H and O–H groups in total.